The molecule has 1 rings (SSSR count). The molecule has 0 spiro atoms. The monoisotopic (exact) mass is 223 g/mol. The topological polar surface area (TPSA) is 64.6 Å². The molecule has 0 heterocycles. The highest BCUT2D eigenvalue weighted by Gasteiger charge is 2.09. The van der Waals surface area contributed by atoms with Crippen molar-refractivity contribution in [3.63, 3.8) is 0 Å². The molecule has 0 aliphatic heterocycles. The molecule has 1 aromatic carbocycles. The van der Waals surface area contributed by atoms with E-state index in [1.807, 2.05) is 0 Å². The number of aldehydes is 1. The highest BCUT2D eigenvalue weighted by Crippen LogP contribution is 2.27. The van der Waals surface area contributed by atoms with Crippen molar-refractivity contribution in [1.29, 1.82) is 0 Å². The van der Waals surface area contributed by atoms with Gasteiger partial charge in [0.2, 0.25) is 0 Å². The normalized spacial score (nSPS) is 9.38. The lowest BCUT2D eigenvalue weighted by Gasteiger charge is -2.09. The van der Waals surface area contributed by atoms with Crippen molar-refractivity contribution in [2.45, 2.75) is 0 Å². The highest BCUT2D eigenvalue weighted by atomic mass is 16.5. The molecular weight excluding hydrogens is 210 g/mol. The molecule has 1 aromatic rings. The number of methoxy groups -OCH3 is 2. The molecule has 0 aliphatic rings. The summed E-state index contributed by atoms with van der Waals surface area (Å²) in [6, 6.07) is 4.79. The first-order chi connectivity index (χ1) is 7.72. The minimum Gasteiger partial charge on any atom is -0.493 e. The fourth-order valence-corrected chi connectivity index (χ4v) is 1.21. The summed E-state index contributed by atoms with van der Waals surface area (Å²) in [6.07, 6.45) is 0.624. The Hall–Kier alpha value is -2.04. The molecule has 0 bridgehead atoms. The van der Waals surface area contributed by atoms with Crippen LogP contribution in [0.4, 0.5) is 0 Å². The van der Waals surface area contributed by atoms with Gasteiger partial charge in [-0.2, -0.15) is 0 Å². The lowest BCUT2D eigenvalue weighted by molar-refractivity contribution is -0.107. The van der Waals surface area contributed by atoms with Crippen molar-refractivity contribution in [3.8, 4) is 11.5 Å². The Labute approximate surface area is 93.4 Å². The second kappa shape index (κ2) is 5.75. The molecule has 1 N–H and O–H groups in total. The molecule has 16 heavy (non-hydrogen) atoms. The van der Waals surface area contributed by atoms with E-state index in [-0.39, 0.29) is 12.5 Å². The van der Waals surface area contributed by atoms with Crippen LogP contribution >= 0.6 is 0 Å². The zero-order chi connectivity index (χ0) is 12.0. The average Bonchev–Trinajstić information content (AvgIpc) is 2.34. The van der Waals surface area contributed by atoms with Crippen LogP contribution in [0.25, 0.3) is 0 Å². The van der Waals surface area contributed by atoms with E-state index in [2.05, 4.69) is 5.32 Å². The van der Waals surface area contributed by atoms with Crippen LogP contribution in [0.1, 0.15) is 10.4 Å². The molecule has 0 unspecified atom stereocenters. The molecular formula is C11H13NO4. The fourth-order valence-electron chi connectivity index (χ4n) is 1.21. The summed E-state index contributed by atoms with van der Waals surface area (Å²) in [5.74, 6) is 0.698. The molecule has 86 valence electrons. The van der Waals surface area contributed by atoms with Gasteiger partial charge in [-0.3, -0.25) is 4.79 Å². The lowest BCUT2D eigenvalue weighted by atomic mass is 10.2. The molecule has 0 saturated carbocycles. The number of ether oxygens (including phenoxy) is 2. The predicted molar refractivity (Wildman–Crippen MR) is 57.9 cm³/mol. The molecule has 1 amide bonds. The molecule has 5 nitrogen and oxygen atoms in total. The van der Waals surface area contributed by atoms with Gasteiger partial charge in [-0.1, -0.05) is 0 Å². The first-order valence-electron chi connectivity index (χ1n) is 4.66. The van der Waals surface area contributed by atoms with Crippen molar-refractivity contribution in [3.05, 3.63) is 23.8 Å². The third-order valence-corrected chi connectivity index (χ3v) is 1.99. The predicted octanol–water partition coefficient (Wildman–Crippen LogP) is 0.632. The van der Waals surface area contributed by atoms with E-state index >= 15 is 0 Å². The summed E-state index contributed by atoms with van der Waals surface area (Å²) in [4.78, 5) is 21.6. The number of hydrogen-bond donors (Lipinski definition) is 1. The quantitative estimate of drug-likeness (QED) is 0.744. The van der Waals surface area contributed by atoms with Crippen LogP contribution in [0.2, 0.25) is 0 Å². The standard InChI is InChI=1S/C11H13NO4/c1-15-9-4-3-8(7-10(9)16-2)11(14)12-5-6-13/h3-4,6-7H,5H2,1-2H3,(H,12,14). The number of benzene rings is 1. The van der Waals surface area contributed by atoms with E-state index < -0.39 is 0 Å². The largest absolute Gasteiger partial charge is 0.493 e. The summed E-state index contributed by atoms with van der Waals surface area (Å²) in [5.41, 5.74) is 0.416. The Bertz CT molecular complexity index is 390. The van der Waals surface area contributed by atoms with Gasteiger partial charge in [0.25, 0.3) is 5.91 Å². The van der Waals surface area contributed by atoms with Gasteiger partial charge in [0, 0.05) is 5.56 Å². The van der Waals surface area contributed by atoms with Crippen molar-refractivity contribution in [1.82, 2.24) is 5.32 Å². The van der Waals surface area contributed by atoms with Crippen LogP contribution in [0.3, 0.4) is 0 Å². The van der Waals surface area contributed by atoms with Crippen LogP contribution in [-0.4, -0.2) is 33.0 Å². The van der Waals surface area contributed by atoms with Gasteiger partial charge in [0.05, 0.1) is 20.8 Å². The Morgan fingerprint density at radius 3 is 2.56 bits per heavy atom. The van der Waals surface area contributed by atoms with E-state index in [0.29, 0.717) is 23.3 Å². The molecule has 0 fully saturated rings. The number of amides is 1. The van der Waals surface area contributed by atoms with Crippen LogP contribution in [0.5, 0.6) is 11.5 Å². The van der Waals surface area contributed by atoms with Gasteiger partial charge in [-0.05, 0) is 18.2 Å². The zero-order valence-corrected chi connectivity index (χ0v) is 9.15. The van der Waals surface area contributed by atoms with Crippen LogP contribution < -0.4 is 14.8 Å². The minimum absolute atomic E-state index is 0.00677. The number of carbonyl (C=O) groups is 2. The molecule has 0 aromatic heterocycles. The third-order valence-electron chi connectivity index (χ3n) is 1.99. The third kappa shape index (κ3) is 2.73. The van der Waals surface area contributed by atoms with Gasteiger partial charge in [0.1, 0.15) is 6.29 Å². The first kappa shape index (κ1) is 12.0. The minimum atomic E-state index is -0.326. The maximum Gasteiger partial charge on any atom is 0.251 e. The van der Waals surface area contributed by atoms with E-state index in [9.17, 15) is 9.59 Å². The van der Waals surface area contributed by atoms with Gasteiger partial charge in [-0.15, -0.1) is 0 Å². The van der Waals surface area contributed by atoms with Crippen LogP contribution in [0, 0.1) is 0 Å². The van der Waals surface area contributed by atoms with E-state index in [1.165, 1.54) is 14.2 Å². The summed E-state index contributed by atoms with van der Waals surface area (Å²) >= 11 is 0. The number of rotatable bonds is 5. The maximum atomic E-state index is 11.5. The summed E-state index contributed by atoms with van der Waals surface area (Å²) < 4.78 is 10.1. The second-order valence-electron chi connectivity index (χ2n) is 2.95. The summed E-state index contributed by atoms with van der Waals surface area (Å²) in [7, 11) is 3.01. The SMILES string of the molecule is COc1ccc(C(=O)NCC=O)cc1OC. The smallest absolute Gasteiger partial charge is 0.251 e. The average molecular weight is 223 g/mol. The molecule has 0 saturated heterocycles. The molecule has 5 heteroatoms. The molecule has 0 radical (unpaired) electrons. The van der Waals surface area contributed by atoms with E-state index in [1.54, 1.807) is 18.2 Å². The van der Waals surface area contributed by atoms with E-state index in [0.717, 1.165) is 0 Å². The zero-order valence-electron chi connectivity index (χ0n) is 9.15. The van der Waals surface area contributed by atoms with Gasteiger partial charge < -0.3 is 19.6 Å². The highest BCUT2D eigenvalue weighted by molar-refractivity contribution is 5.95. The summed E-state index contributed by atoms with van der Waals surface area (Å²) in [5, 5.41) is 2.43. The van der Waals surface area contributed by atoms with E-state index in [4.69, 9.17) is 9.47 Å². The summed E-state index contributed by atoms with van der Waals surface area (Å²) in [6.45, 7) is -0.00677. The van der Waals surface area contributed by atoms with Crippen molar-refractivity contribution in [2.75, 3.05) is 20.8 Å². The Balaban J connectivity index is 2.89. The van der Waals surface area contributed by atoms with Crippen molar-refractivity contribution in [2.24, 2.45) is 0 Å². The number of hydrogen-bond acceptors (Lipinski definition) is 4. The van der Waals surface area contributed by atoms with Gasteiger partial charge >= 0.3 is 0 Å². The van der Waals surface area contributed by atoms with Crippen molar-refractivity contribution < 1.29 is 19.1 Å². The Morgan fingerprint density at radius 2 is 2.00 bits per heavy atom. The number of nitrogens with one attached hydrogen (secondary N) is 1. The first-order valence-corrected chi connectivity index (χ1v) is 4.66. The number of carbonyl (C=O) groups excluding carboxylic acids is 2. The molecule has 0 aliphatic carbocycles. The maximum absolute atomic E-state index is 11.5. The second-order valence-corrected chi connectivity index (χ2v) is 2.95. The molecule has 0 atom stereocenters. The van der Waals surface area contributed by atoms with Crippen LogP contribution in [0.15, 0.2) is 18.2 Å². The van der Waals surface area contributed by atoms with Gasteiger partial charge in [0.15, 0.2) is 11.5 Å². The van der Waals surface area contributed by atoms with Gasteiger partial charge in [-0.25, -0.2) is 0 Å². The fraction of sp³-hybridized carbons (Fsp3) is 0.273. The lowest BCUT2D eigenvalue weighted by Crippen LogP contribution is -2.25. The van der Waals surface area contributed by atoms with Crippen LogP contribution in [-0.2, 0) is 4.79 Å². The Kier molecular flexibility index (Phi) is 4.32. The Morgan fingerprint density at radius 1 is 1.31 bits per heavy atom. The van der Waals surface area contributed by atoms with Crippen molar-refractivity contribution >= 4 is 12.2 Å².